The van der Waals surface area contributed by atoms with Crippen molar-refractivity contribution < 1.29 is 8.78 Å². The molecule has 0 N–H and O–H groups in total. The molecule has 4 aromatic rings. The van der Waals surface area contributed by atoms with Gasteiger partial charge in [-0.05, 0) is 79.4 Å². The average molecular weight is 663 g/mol. The number of aryl methyl sites for hydroxylation is 2. The van der Waals surface area contributed by atoms with Gasteiger partial charge in [-0.15, -0.1) is 22.7 Å². The summed E-state index contributed by atoms with van der Waals surface area (Å²) in [6.45, 7) is 4.40. The lowest BCUT2D eigenvalue weighted by molar-refractivity contribution is 0.519. The molecule has 0 saturated carbocycles. The summed E-state index contributed by atoms with van der Waals surface area (Å²) in [6.07, 6.45) is 11.2. The molecule has 3 aromatic heterocycles. The van der Waals surface area contributed by atoms with Gasteiger partial charge in [-0.1, -0.05) is 52.4 Å². The highest BCUT2D eigenvalue weighted by atomic mass is 79.9. The molecule has 1 aromatic carbocycles. The number of benzene rings is 1. The fourth-order valence-corrected chi connectivity index (χ4v) is 8.81. The molecule has 0 bridgehead atoms. The van der Waals surface area contributed by atoms with Crippen LogP contribution in [0.1, 0.15) is 76.3 Å². The van der Waals surface area contributed by atoms with Crippen LogP contribution in [0.15, 0.2) is 19.7 Å². The third kappa shape index (κ3) is 5.74. The van der Waals surface area contributed by atoms with Gasteiger partial charge in [-0.3, -0.25) is 0 Å². The lowest BCUT2D eigenvalue weighted by atomic mass is 9.99. The molecule has 0 unspecified atom stereocenters. The Bertz CT molecular complexity index is 1300. The van der Waals surface area contributed by atoms with E-state index >= 15 is 8.78 Å². The number of hydrogen-bond donors (Lipinski definition) is 0. The molecule has 4 rings (SSSR count). The molecule has 0 fully saturated rings. The lowest BCUT2D eigenvalue weighted by Crippen LogP contribution is -1.97. The molecule has 3 heterocycles. The number of nitrogens with zero attached hydrogens (tertiary/aromatic N) is 2. The normalized spacial score (nSPS) is 11.7. The molecular formula is C26H28Br2F2N2S3. The van der Waals surface area contributed by atoms with Crippen LogP contribution in [0.5, 0.6) is 0 Å². The highest BCUT2D eigenvalue weighted by molar-refractivity contribution is 9.11. The van der Waals surface area contributed by atoms with Gasteiger partial charge in [0.25, 0.3) is 0 Å². The lowest BCUT2D eigenvalue weighted by Gasteiger charge is -2.12. The van der Waals surface area contributed by atoms with Crippen LogP contribution in [0.2, 0.25) is 0 Å². The van der Waals surface area contributed by atoms with Crippen LogP contribution in [-0.4, -0.2) is 8.75 Å². The van der Waals surface area contributed by atoms with Crippen LogP contribution >= 0.6 is 66.3 Å². The van der Waals surface area contributed by atoms with Crippen LogP contribution in [-0.2, 0) is 12.8 Å². The summed E-state index contributed by atoms with van der Waals surface area (Å²) in [6, 6.07) is 0. The van der Waals surface area contributed by atoms with Gasteiger partial charge in [0, 0.05) is 20.1 Å². The van der Waals surface area contributed by atoms with Crippen LogP contribution < -0.4 is 0 Å². The van der Waals surface area contributed by atoms with Gasteiger partial charge in [-0.2, -0.15) is 8.75 Å². The molecule has 0 aliphatic carbocycles. The summed E-state index contributed by atoms with van der Waals surface area (Å²) in [4.78, 5) is 1.59. The second kappa shape index (κ2) is 12.7. The van der Waals surface area contributed by atoms with E-state index in [1.54, 1.807) is 11.3 Å². The van der Waals surface area contributed by atoms with E-state index in [1.807, 2.05) is 0 Å². The molecule has 0 saturated heterocycles. The minimum absolute atomic E-state index is 0.00325. The van der Waals surface area contributed by atoms with Crippen LogP contribution in [0.4, 0.5) is 8.78 Å². The van der Waals surface area contributed by atoms with Gasteiger partial charge < -0.3 is 0 Å². The van der Waals surface area contributed by atoms with Crippen molar-refractivity contribution in [1.82, 2.24) is 8.75 Å². The van der Waals surface area contributed by atoms with E-state index in [9.17, 15) is 0 Å². The van der Waals surface area contributed by atoms with Gasteiger partial charge in [0.15, 0.2) is 11.6 Å². The quantitative estimate of drug-likeness (QED) is 0.141. The summed E-state index contributed by atoms with van der Waals surface area (Å²) in [7, 11) is 0. The Morgan fingerprint density at radius 1 is 0.686 bits per heavy atom. The van der Waals surface area contributed by atoms with E-state index in [0.29, 0.717) is 16.0 Å². The number of rotatable bonds is 12. The van der Waals surface area contributed by atoms with Crippen molar-refractivity contribution in [2.45, 2.75) is 78.1 Å². The van der Waals surface area contributed by atoms with Crippen LogP contribution in [0.3, 0.4) is 0 Å². The average Bonchev–Trinajstić information content (AvgIpc) is 3.57. The van der Waals surface area contributed by atoms with Gasteiger partial charge in [0.1, 0.15) is 11.0 Å². The Morgan fingerprint density at radius 2 is 1.20 bits per heavy atom. The van der Waals surface area contributed by atoms with Gasteiger partial charge in [-0.25, -0.2) is 8.78 Å². The minimum Gasteiger partial charge on any atom is -0.203 e. The fourth-order valence-electron chi connectivity index (χ4n) is 4.29. The zero-order chi connectivity index (χ0) is 24.9. The molecule has 35 heavy (non-hydrogen) atoms. The smallest absolute Gasteiger partial charge is 0.188 e. The first kappa shape index (κ1) is 27.3. The number of thiophene rings is 2. The third-order valence-corrected chi connectivity index (χ3v) is 11.2. The summed E-state index contributed by atoms with van der Waals surface area (Å²) in [5.74, 6) is -1.78. The Kier molecular flexibility index (Phi) is 9.89. The van der Waals surface area contributed by atoms with E-state index in [0.717, 1.165) is 56.8 Å². The Morgan fingerprint density at radius 3 is 1.74 bits per heavy atom. The molecular weight excluding hydrogens is 634 g/mol. The number of hydrogen-bond acceptors (Lipinski definition) is 5. The van der Waals surface area contributed by atoms with Crippen molar-refractivity contribution in [3.63, 3.8) is 0 Å². The maximum Gasteiger partial charge on any atom is 0.188 e. The molecule has 0 atom stereocenters. The highest BCUT2D eigenvalue weighted by Crippen LogP contribution is 2.50. The number of aromatic nitrogens is 2. The molecule has 0 aliphatic heterocycles. The Labute approximate surface area is 234 Å². The monoisotopic (exact) mass is 660 g/mol. The molecule has 0 radical (unpaired) electrons. The number of fused-ring (bicyclic) bond motifs is 1. The van der Waals surface area contributed by atoms with Crippen molar-refractivity contribution in [2.75, 3.05) is 0 Å². The van der Waals surface area contributed by atoms with Gasteiger partial charge >= 0.3 is 0 Å². The second-order valence-electron chi connectivity index (χ2n) is 8.77. The standard InChI is InChI=1S/C26H28Br2F2N2S3/c1-3-5-7-9-11-15-13-33-25(19(15)27)17-18(23-24(32-35-31-23)22(30)21(17)29)26-20(28)16(14-34-26)12-10-8-6-4-2/h13-14H,3-12H2,1-2H3. The molecule has 0 spiro atoms. The Balaban J connectivity index is 1.80. The first-order chi connectivity index (χ1) is 17.0. The fraction of sp³-hybridized carbons (Fsp3) is 0.462. The summed E-state index contributed by atoms with van der Waals surface area (Å²) in [5.41, 5.74) is 3.68. The maximum absolute atomic E-state index is 15.7. The van der Waals surface area contributed by atoms with Gasteiger partial charge in [0.2, 0.25) is 0 Å². The van der Waals surface area contributed by atoms with E-state index in [2.05, 4.69) is 65.2 Å². The predicted molar refractivity (Wildman–Crippen MR) is 155 cm³/mol. The molecule has 0 amide bonds. The number of halogens is 4. The number of unbranched alkanes of at least 4 members (excludes halogenated alkanes) is 6. The summed E-state index contributed by atoms with van der Waals surface area (Å²) in [5, 5.41) is 4.20. The summed E-state index contributed by atoms with van der Waals surface area (Å²) < 4.78 is 41.2. The predicted octanol–water partition coefficient (Wildman–Crippen LogP) is 11.2. The van der Waals surface area contributed by atoms with Crippen LogP contribution in [0, 0.1) is 11.6 Å². The van der Waals surface area contributed by atoms with E-state index in [1.165, 1.54) is 55.4 Å². The van der Waals surface area contributed by atoms with Crippen molar-refractivity contribution in [3.05, 3.63) is 42.5 Å². The van der Waals surface area contributed by atoms with Crippen molar-refractivity contribution in [3.8, 4) is 20.9 Å². The zero-order valence-corrected chi connectivity index (χ0v) is 25.5. The molecule has 0 aliphatic rings. The first-order valence-electron chi connectivity index (χ1n) is 12.1. The summed E-state index contributed by atoms with van der Waals surface area (Å²) >= 11 is 11.5. The Hall–Kier alpha value is -0.740. The molecule has 9 heteroatoms. The zero-order valence-electron chi connectivity index (χ0n) is 19.9. The molecule has 2 nitrogen and oxygen atoms in total. The van der Waals surface area contributed by atoms with Crippen molar-refractivity contribution >= 4 is 77.3 Å². The minimum atomic E-state index is -0.926. The maximum atomic E-state index is 15.7. The van der Waals surface area contributed by atoms with Gasteiger partial charge in [0.05, 0.1) is 21.5 Å². The first-order valence-corrected chi connectivity index (χ1v) is 16.2. The van der Waals surface area contributed by atoms with E-state index < -0.39 is 11.6 Å². The highest BCUT2D eigenvalue weighted by Gasteiger charge is 2.29. The van der Waals surface area contributed by atoms with Crippen molar-refractivity contribution in [1.29, 1.82) is 0 Å². The molecule has 188 valence electrons. The topological polar surface area (TPSA) is 25.8 Å². The SMILES string of the molecule is CCCCCCc1csc(-c2c(F)c(F)c3nsnc3c2-c2scc(CCCCCC)c2Br)c1Br. The van der Waals surface area contributed by atoms with Crippen molar-refractivity contribution in [2.24, 2.45) is 0 Å². The largest absolute Gasteiger partial charge is 0.203 e. The van der Waals surface area contributed by atoms with E-state index in [-0.39, 0.29) is 11.1 Å². The van der Waals surface area contributed by atoms with E-state index in [4.69, 9.17) is 0 Å². The van der Waals surface area contributed by atoms with Crippen LogP contribution in [0.25, 0.3) is 31.9 Å². The second-order valence-corrected chi connectivity index (χ2v) is 12.6. The third-order valence-electron chi connectivity index (χ3n) is 6.25.